The first-order chi connectivity index (χ1) is 8.08. The molecule has 2 heterocycles. The molecule has 4 heteroatoms. The first-order valence-corrected chi connectivity index (χ1v) is 6.39. The van der Waals surface area contributed by atoms with E-state index in [1.807, 2.05) is 18.0 Å². The van der Waals surface area contributed by atoms with E-state index in [2.05, 4.69) is 23.8 Å². The second-order valence-electron chi connectivity index (χ2n) is 5.29. The molecule has 94 valence electrons. The number of aryl methyl sites for hydroxylation is 1. The van der Waals surface area contributed by atoms with Crippen LogP contribution in [-0.2, 0) is 4.79 Å². The standard InChI is InChI=1S/C13H21N3O/c1-9(2)7-12(17)16-6-4-5-11(16)13-14-8-10(3)15-13/h8-9,11H,4-7H2,1-3H3,(H,14,15). The maximum absolute atomic E-state index is 12.1. The highest BCUT2D eigenvalue weighted by atomic mass is 16.2. The molecule has 1 aromatic heterocycles. The Labute approximate surface area is 102 Å². The lowest BCUT2D eigenvalue weighted by Crippen LogP contribution is -2.31. The third kappa shape index (κ3) is 2.68. The Kier molecular flexibility index (Phi) is 3.50. The van der Waals surface area contributed by atoms with Gasteiger partial charge in [0, 0.05) is 24.9 Å². The minimum atomic E-state index is 0.162. The van der Waals surface area contributed by atoms with Gasteiger partial charge in [0.25, 0.3) is 0 Å². The molecule has 1 aliphatic rings. The van der Waals surface area contributed by atoms with Crippen molar-refractivity contribution in [3.8, 4) is 0 Å². The summed E-state index contributed by atoms with van der Waals surface area (Å²) in [5.41, 5.74) is 1.06. The van der Waals surface area contributed by atoms with Crippen LogP contribution in [0.4, 0.5) is 0 Å². The van der Waals surface area contributed by atoms with Crippen LogP contribution in [0.2, 0.25) is 0 Å². The van der Waals surface area contributed by atoms with Gasteiger partial charge in [-0.15, -0.1) is 0 Å². The Morgan fingerprint density at radius 2 is 2.41 bits per heavy atom. The van der Waals surface area contributed by atoms with Crippen LogP contribution in [0, 0.1) is 12.8 Å². The average molecular weight is 235 g/mol. The zero-order chi connectivity index (χ0) is 12.4. The van der Waals surface area contributed by atoms with Crippen LogP contribution in [-0.4, -0.2) is 27.3 Å². The van der Waals surface area contributed by atoms with Gasteiger partial charge in [-0.3, -0.25) is 4.79 Å². The number of aromatic nitrogens is 2. The molecule has 0 aromatic carbocycles. The van der Waals surface area contributed by atoms with E-state index < -0.39 is 0 Å². The summed E-state index contributed by atoms with van der Waals surface area (Å²) < 4.78 is 0. The van der Waals surface area contributed by atoms with Gasteiger partial charge in [0.05, 0.1) is 6.04 Å². The number of likely N-dealkylation sites (tertiary alicyclic amines) is 1. The summed E-state index contributed by atoms with van der Waals surface area (Å²) in [4.78, 5) is 21.7. The largest absolute Gasteiger partial charge is 0.344 e. The summed E-state index contributed by atoms with van der Waals surface area (Å²) >= 11 is 0. The van der Waals surface area contributed by atoms with E-state index >= 15 is 0 Å². The van der Waals surface area contributed by atoms with Crippen molar-refractivity contribution in [2.24, 2.45) is 5.92 Å². The minimum absolute atomic E-state index is 0.162. The minimum Gasteiger partial charge on any atom is -0.344 e. The summed E-state index contributed by atoms with van der Waals surface area (Å²) in [5.74, 6) is 1.62. The van der Waals surface area contributed by atoms with Crippen LogP contribution in [0.1, 0.15) is 50.7 Å². The normalized spacial score (nSPS) is 20.2. The number of carbonyl (C=O) groups excluding carboxylic acids is 1. The molecule has 1 aromatic rings. The molecule has 17 heavy (non-hydrogen) atoms. The zero-order valence-electron chi connectivity index (χ0n) is 10.9. The van der Waals surface area contributed by atoms with Crippen LogP contribution in [0.3, 0.4) is 0 Å². The van der Waals surface area contributed by atoms with Gasteiger partial charge in [0.15, 0.2) is 0 Å². The van der Waals surface area contributed by atoms with Crippen molar-refractivity contribution in [3.63, 3.8) is 0 Å². The second-order valence-corrected chi connectivity index (χ2v) is 5.29. The third-order valence-corrected chi connectivity index (χ3v) is 3.19. The predicted molar refractivity (Wildman–Crippen MR) is 66.5 cm³/mol. The summed E-state index contributed by atoms with van der Waals surface area (Å²) in [6.07, 6.45) is 4.57. The van der Waals surface area contributed by atoms with Gasteiger partial charge in [-0.1, -0.05) is 13.8 Å². The maximum atomic E-state index is 12.1. The molecule has 4 nitrogen and oxygen atoms in total. The van der Waals surface area contributed by atoms with Crippen LogP contribution >= 0.6 is 0 Å². The highest BCUT2D eigenvalue weighted by Gasteiger charge is 2.31. The third-order valence-electron chi connectivity index (χ3n) is 3.19. The fraction of sp³-hybridized carbons (Fsp3) is 0.692. The second kappa shape index (κ2) is 4.90. The van der Waals surface area contributed by atoms with Crippen LogP contribution in [0.15, 0.2) is 6.20 Å². The van der Waals surface area contributed by atoms with Gasteiger partial charge in [-0.25, -0.2) is 4.98 Å². The highest BCUT2D eigenvalue weighted by Crippen LogP contribution is 2.31. The summed E-state index contributed by atoms with van der Waals surface area (Å²) in [7, 11) is 0. The van der Waals surface area contributed by atoms with Gasteiger partial charge in [0.1, 0.15) is 5.82 Å². The number of nitrogens with zero attached hydrogens (tertiary/aromatic N) is 2. The lowest BCUT2D eigenvalue weighted by molar-refractivity contribution is -0.133. The van der Waals surface area contributed by atoms with Gasteiger partial charge in [0.2, 0.25) is 5.91 Å². The smallest absolute Gasteiger partial charge is 0.223 e. The molecule has 1 unspecified atom stereocenters. The Balaban J connectivity index is 2.09. The molecule has 0 saturated carbocycles. The van der Waals surface area contributed by atoms with Crippen molar-refractivity contribution < 1.29 is 4.79 Å². The van der Waals surface area contributed by atoms with Crippen molar-refractivity contribution in [2.45, 2.75) is 46.1 Å². The quantitative estimate of drug-likeness (QED) is 0.874. The van der Waals surface area contributed by atoms with E-state index in [0.717, 1.165) is 30.9 Å². The molecule has 0 radical (unpaired) electrons. The molecule has 1 fully saturated rings. The molecule has 1 saturated heterocycles. The number of amides is 1. The lowest BCUT2D eigenvalue weighted by Gasteiger charge is -2.24. The van der Waals surface area contributed by atoms with E-state index in [1.165, 1.54) is 0 Å². The Morgan fingerprint density at radius 1 is 1.65 bits per heavy atom. The Morgan fingerprint density at radius 3 is 3.00 bits per heavy atom. The molecule has 1 N–H and O–H groups in total. The molecular weight excluding hydrogens is 214 g/mol. The SMILES string of the molecule is Cc1cnc(C2CCCN2C(=O)CC(C)C)[nH]1. The Bertz CT molecular complexity index is 397. The van der Waals surface area contributed by atoms with Crippen LogP contribution in [0.5, 0.6) is 0 Å². The lowest BCUT2D eigenvalue weighted by atomic mass is 10.1. The fourth-order valence-electron chi connectivity index (χ4n) is 2.42. The van der Waals surface area contributed by atoms with E-state index in [0.29, 0.717) is 12.3 Å². The number of imidazole rings is 1. The molecule has 0 aliphatic carbocycles. The maximum Gasteiger partial charge on any atom is 0.223 e. The number of nitrogens with one attached hydrogen (secondary N) is 1. The van der Waals surface area contributed by atoms with Gasteiger partial charge in [-0.2, -0.15) is 0 Å². The van der Waals surface area contributed by atoms with Gasteiger partial charge in [-0.05, 0) is 25.7 Å². The molecule has 1 aliphatic heterocycles. The van der Waals surface area contributed by atoms with Gasteiger partial charge < -0.3 is 9.88 Å². The van der Waals surface area contributed by atoms with Gasteiger partial charge >= 0.3 is 0 Å². The number of hydrogen-bond donors (Lipinski definition) is 1. The first-order valence-electron chi connectivity index (χ1n) is 6.39. The molecule has 2 rings (SSSR count). The number of carbonyl (C=O) groups is 1. The zero-order valence-corrected chi connectivity index (χ0v) is 10.9. The van der Waals surface area contributed by atoms with Crippen molar-refractivity contribution in [1.82, 2.24) is 14.9 Å². The van der Waals surface area contributed by atoms with Crippen LogP contribution < -0.4 is 0 Å². The predicted octanol–water partition coefficient (Wildman–Crippen LogP) is 2.43. The topological polar surface area (TPSA) is 49.0 Å². The average Bonchev–Trinajstić information content (AvgIpc) is 2.83. The number of rotatable bonds is 3. The van der Waals surface area contributed by atoms with Crippen molar-refractivity contribution >= 4 is 5.91 Å². The summed E-state index contributed by atoms with van der Waals surface area (Å²) in [6, 6.07) is 0.162. The first kappa shape index (κ1) is 12.1. The molecule has 0 spiro atoms. The van der Waals surface area contributed by atoms with E-state index in [9.17, 15) is 4.79 Å². The molecule has 1 amide bonds. The molecular formula is C13H21N3O. The van der Waals surface area contributed by atoms with Crippen LogP contribution in [0.25, 0.3) is 0 Å². The molecule has 0 bridgehead atoms. The van der Waals surface area contributed by atoms with E-state index in [-0.39, 0.29) is 11.9 Å². The summed E-state index contributed by atoms with van der Waals surface area (Å²) in [5, 5.41) is 0. The number of hydrogen-bond acceptors (Lipinski definition) is 2. The van der Waals surface area contributed by atoms with Crippen molar-refractivity contribution in [1.29, 1.82) is 0 Å². The number of aromatic amines is 1. The van der Waals surface area contributed by atoms with Crippen molar-refractivity contribution in [3.05, 3.63) is 17.7 Å². The molecule has 1 atom stereocenters. The fourth-order valence-corrected chi connectivity index (χ4v) is 2.42. The number of H-pyrrole nitrogens is 1. The van der Waals surface area contributed by atoms with Crippen molar-refractivity contribution in [2.75, 3.05) is 6.54 Å². The Hall–Kier alpha value is -1.32. The highest BCUT2D eigenvalue weighted by molar-refractivity contribution is 5.77. The van der Waals surface area contributed by atoms with E-state index in [4.69, 9.17) is 0 Å². The summed E-state index contributed by atoms with van der Waals surface area (Å²) in [6.45, 7) is 7.03. The van der Waals surface area contributed by atoms with E-state index in [1.54, 1.807) is 0 Å². The monoisotopic (exact) mass is 235 g/mol.